The van der Waals surface area contributed by atoms with Gasteiger partial charge in [0, 0.05) is 17.9 Å². The fraction of sp³-hybridized carbons (Fsp3) is 0.333. The summed E-state index contributed by atoms with van der Waals surface area (Å²) >= 11 is 0. The van der Waals surface area contributed by atoms with E-state index >= 15 is 0 Å². The molecule has 0 aliphatic carbocycles. The molecular weight excluding hydrogens is 372 g/mol. The molecule has 0 amide bonds. The van der Waals surface area contributed by atoms with Crippen molar-refractivity contribution in [1.82, 2.24) is 4.90 Å². The lowest BCUT2D eigenvalue weighted by molar-refractivity contribution is -0.119. The third-order valence-corrected chi connectivity index (χ3v) is 5.34. The molecule has 0 saturated carbocycles. The summed E-state index contributed by atoms with van der Waals surface area (Å²) in [5.74, 6) is -0.475. The molecule has 1 heterocycles. The van der Waals surface area contributed by atoms with E-state index in [4.69, 9.17) is 0 Å². The molecule has 0 unspecified atom stereocenters. The summed E-state index contributed by atoms with van der Waals surface area (Å²) in [6.07, 6.45) is 6.12. The van der Waals surface area contributed by atoms with Crippen LogP contribution in [0.5, 0.6) is 0 Å². The van der Waals surface area contributed by atoms with Crippen LogP contribution in [0.3, 0.4) is 0 Å². The van der Waals surface area contributed by atoms with Crippen LogP contribution in [0.2, 0.25) is 0 Å². The number of ketones is 2. The Morgan fingerprint density at radius 2 is 1.52 bits per heavy atom. The highest BCUT2D eigenvalue weighted by Crippen LogP contribution is 2.20. The molecule has 2 aromatic carbocycles. The summed E-state index contributed by atoms with van der Waals surface area (Å²) in [4.78, 5) is 26.8. The molecule has 2 aromatic rings. The molecule has 152 valence electrons. The molecule has 0 spiro atoms. The number of hydrogen-bond acceptors (Lipinski definition) is 3. The normalized spacial score (nSPS) is 15.7. The summed E-state index contributed by atoms with van der Waals surface area (Å²) in [6, 6.07) is 11.7. The van der Waals surface area contributed by atoms with Crippen molar-refractivity contribution >= 4 is 17.6 Å². The van der Waals surface area contributed by atoms with Crippen LogP contribution in [0.4, 0.5) is 8.78 Å². The van der Waals surface area contributed by atoms with Crippen molar-refractivity contribution in [3.63, 3.8) is 0 Å². The predicted octanol–water partition coefficient (Wildman–Crippen LogP) is 4.92. The van der Waals surface area contributed by atoms with E-state index in [0.717, 1.165) is 44.5 Å². The second-order valence-corrected chi connectivity index (χ2v) is 7.44. The van der Waals surface area contributed by atoms with Crippen molar-refractivity contribution in [2.24, 2.45) is 5.92 Å². The SMILES string of the molecule is O=C(CCCN1CCC(C(=O)/C=C/c2ccc(F)cc2)CC1)c1ccc(F)cc1. The maximum absolute atomic E-state index is 12.9. The van der Waals surface area contributed by atoms with Crippen LogP contribution in [0.1, 0.15) is 41.6 Å². The monoisotopic (exact) mass is 397 g/mol. The third kappa shape index (κ3) is 6.43. The smallest absolute Gasteiger partial charge is 0.162 e. The first-order chi connectivity index (χ1) is 14.0. The standard InChI is InChI=1S/C24H25F2NO2/c25-21-8-3-18(4-9-21)5-12-24(29)20-13-16-27(17-14-20)15-1-2-23(28)19-6-10-22(26)11-7-19/h3-12,20H,1-2,13-17H2/b12-5+. The van der Waals surface area contributed by atoms with Gasteiger partial charge in [-0.25, -0.2) is 8.78 Å². The Hall–Kier alpha value is -2.66. The fourth-order valence-corrected chi connectivity index (χ4v) is 3.57. The van der Waals surface area contributed by atoms with Crippen molar-refractivity contribution in [3.05, 3.63) is 77.4 Å². The van der Waals surface area contributed by atoms with E-state index in [1.54, 1.807) is 24.3 Å². The third-order valence-electron chi connectivity index (χ3n) is 5.34. The predicted molar refractivity (Wildman–Crippen MR) is 110 cm³/mol. The van der Waals surface area contributed by atoms with Gasteiger partial charge in [-0.3, -0.25) is 9.59 Å². The zero-order chi connectivity index (χ0) is 20.6. The lowest BCUT2D eigenvalue weighted by Gasteiger charge is -2.30. The van der Waals surface area contributed by atoms with Gasteiger partial charge in [-0.05, 0) is 86.9 Å². The van der Waals surface area contributed by atoms with E-state index in [1.807, 2.05) is 0 Å². The Morgan fingerprint density at radius 3 is 2.14 bits per heavy atom. The number of carbonyl (C=O) groups excluding carboxylic acids is 2. The maximum atomic E-state index is 12.9. The van der Waals surface area contributed by atoms with Crippen molar-refractivity contribution in [2.45, 2.75) is 25.7 Å². The van der Waals surface area contributed by atoms with Gasteiger partial charge in [0.2, 0.25) is 0 Å². The Bertz CT molecular complexity index is 851. The number of carbonyl (C=O) groups is 2. The summed E-state index contributed by atoms with van der Waals surface area (Å²) in [6.45, 7) is 2.50. The summed E-state index contributed by atoms with van der Waals surface area (Å²) in [5.41, 5.74) is 1.35. The zero-order valence-corrected chi connectivity index (χ0v) is 16.3. The van der Waals surface area contributed by atoms with Crippen LogP contribution < -0.4 is 0 Å². The number of likely N-dealkylation sites (tertiary alicyclic amines) is 1. The Labute approximate surface area is 170 Å². The topological polar surface area (TPSA) is 37.4 Å². The highest BCUT2D eigenvalue weighted by Gasteiger charge is 2.23. The second-order valence-electron chi connectivity index (χ2n) is 7.44. The Balaban J connectivity index is 1.37. The van der Waals surface area contributed by atoms with E-state index in [-0.39, 0.29) is 29.1 Å². The first-order valence-corrected chi connectivity index (χ1v) is 10.00. The van der Waals surface area contributed by atoms with E-state index in [9.17, 15) is 18.4 Å². The van der Waals surface area contributed by atoms with Gasteiger partial charge in [-0.15, -0.1) is 0 Å². The Kier molecular flexibility index (Phi) is 7.42. The molecule has 3 rings (SSSR count). The van der Waals surface area contributed by atoms with Crippen molar-refractivity contribution in [1.29, 1.82) is 0 Å². The quantitative estimate of drug-likeness (QED) is 0.469. The van der Waals surface area contributed by atoms with E-state index in [0.29, 0.717) is 12.0 Å². The molecule has 5 heteroatoms. The summed E-state index contributed by atoms with van der Waals surface area (Å²) in [7, 11) is 0. The number of piperidine rings is 1. The summed E-state index contributed by atoms with van der Waals surface area (Å²) in [5, 5.41) is 0. The number of hydrogen-bond donors (Lipinski definition) is 0. The maximum Gasteiger partial charge on any atom is 0.162 e. The molecule has 1 aliphatic rings. The van der Waals surface area contributed by atoms with E-state index in [2.05, 4.69) is 4.90 Å². The highest BCUT2D eigenvalue weighted by molar-refractivity contribution is 5.96. The number of allylic oxidation sites excluding steroid dienone is 1. The lowest BCUT2D eigenvalue weighted by atomic mass is 9.92. The molecule has 1 saturated heterocycles. The van der Waals surface area contributed by atoms with Gasteiger partial charge in [-0.2, -0.15) is 0 Å². The summed E-state index contributed by atoms with van der Waals surface area (Å²) < 4.78 is 25.8. The van der Waals surface area contributed by atoms with Crippen molar-refractivity contribution in [2.75, 3.05) is 19.6 Å². The van der Waals surface area contributed by atoms with Crippen LogP contribution in [0, 0.1) is 17.6 Å². The second kappa shape index (κ2) is 10.2. The average molecular weight is 397 g/mol. The lowest BCUT2D eigenvalue weighted by Crippen LogP contribution is -2.36. The Morgan fingerprint density at radius 1 is 0.931 bits per heavy atom. The number of Topliss-reactive ketones (excluding diaryl/α,β-unsaturated/α-hetero) is 1. The van der Waals surface area contributed by atoms with Crippen LogP contribution in [-0.4, -0.2) is 36.1 Å². The molecule has 29 heavy (non-hydrogen) atoms. The van der Waals surface area contributed by atoms with Gasteiger partial charge in [0.15, 0.2) is 11.6 Å². The molecule has 0 bridgehead atoms. The van der Waals surface area contributed by atoms with Gasteiger partial charge in [-0.1, -0.05) is 18.2 Å². The minimum Gasteiger partial charge on any atom is -0.303 e. The molecule has 0 radical (unpaired) electrons. The molecular formula is C24H25F2NO2. The molecule has 3 nitrogen and oxygen atoms in total. The first kappa shape index (κ1) is 21.1. The van der Waals surface area contributed by atoms with Gasteiger partial charge < -0.3 is 4.90 Å². The largest absolute Gasteiger partial charge is 0.303 e. The molecule has 0 aromatic heterocycles. The number of rotatable bonds is 8. The van der Waals surface area contributed by atoms with E-state index < -0.39 is 0 Å². The minimum absolute atomic E-state index is 0.0174. The average Bonchev–Trinajstić information content (AvgIpc) is 2.74. The van der Waals surface area contributed by atoms with Crippen LogP contribution in [0.25, 0.3) is 6.08 Å². The molecule has 0 atom stereocenters. The highest BCUT2D eigenvalue weighted by atomic mass is 19.1. The van der Waals surface area contributed by atoms with Crippen molar-refractivity contribution < 1.29 is 18.4 Å². The van der Waals surface area contributed by atoms with Crippen LogP contribution in [-0.2, 0) is 4.79 Å². The fourth-order valence-electron chi connectivity index (χ4n) is 3.57. The number of nitrogens with zero attached hydrogens (tertiary/aromatic N) is 1. The van der Waals surface area contributed by atoms with Gasteiger partial charge >= 0.3 is 0 Å². The zero-order valence-electron chi connectivity index (χ0n) is 16.3. The molecule has 1 aliphatic heterocycles. The van der Waals surface area contributed by atoms with Gasteiger partial charge in [0.25, 0.3) is 0 Å². The molecule has 0 N–H and O–H groups in total. The first-order valence-electron chi connectivity index (χ1n) is 10.00. The van der Waals surface area contributed by atoms with Crippen LogP contribution in [0.15, 0.2) is 54.6 Å². The van der Waals surface area contributed by atoms with Crippen molar-refractivity contribution in [3.8, 4) is 0 Å². The van der Waals surface area contributed by atoms with E-state index in [1.165, 1.54) is 36.4 Å². The minimum atomic E-state index is -0.341. The number of halogens is 2. The van der Waals surface area contributed by atoms with Crippen LogP contribution >= 0.6 is 0 Å². The van der Waals surface area contributed by atoms with Gasteiger partial charge in [0.1, 0.15) is 11.6 Å². The molecule has 1 fully saturated rings. The number of benzene rings is 2. The van der Waals surface area contributed by atoms with Gasteiger partial charge in [0.05, 0.1) is 0 Å².